The fraction of sp³-hybridized carbons (Fsp3) is 0.130. The number of nitrogens with one attached hydrogen (secondary N) is 1. The molecule has 1 unspecified atom stereocenters. The number of aromatic amines is 1. The Morgan fingerprint density at radius 3 is 2.31 bits per heavy atom. The molecule has 0 radical (unpaired) electrons. The van der Waals surface area contributed by atoms with Crippen molar-refractivity contribution in [2.75, 3.05) is 20.0 Å². The first-order valence-electron chi connectivity index (χ1n) is 9.28. The molecule has 3 aromatic rings. The van der Waals surface area contributed by atoms with Gasteiger partial charge in [0.25, 0.3) is 5.56 Å². The van der Waals surface area contributed by atoms with E-state index in [2.05, 4.69) is 4.98 Å². The van der Waals surface area contributed by atoms with Gasteiger partial charge in [0, 0.05) is 11.1 Å². The highest BCUT2D eigenvalue weighted by Gasteiger charge is 2.26. The zero-order valence-corrected chi connectivity index (χ0v) is 17.2. The number of rotatable bonds is 6. The summed E-state index contributed by atoms with van der Waals surface area (Å²) in [5, 5.41) is 19.1. The molecule has 1 atom stereocenters. The van der Waals surface area contributed by atoms with Gasteiger partial charge in [0.15, 0.2) is 11.5 Å². The predicted molar refractivity (Wildman–Crippen MR) is 115 cm³/mol. The monoisotopic (exact) mass is 430 g/mol. The second-order valence-electron chi connectivity index (χ2n) is 6.51. The molecule has 2 aromatic carbocycles. The molecule has 0 aliphatic heterocycles. The maximum Gasteiger partial charge on any atom is 0.351 e. The highest BCUT2D eigenvalue weighted by atomic mass is 16.6. The van der Waals surface area contributed by atoms with Gasteiger partial charge in [-0.2, -0.15) is 10.5 Å². The molecule has 0 saturated carbocycles. The number of hydrogen-bond acceptors (Lipinski definition) is 8. The maximum absolute atomic E-state index is 12.4. The summed E-state index contributed by atoms with van der Waals surface area (Å²) in [5.41, 5.74) is 5.63. The van der Waals surface area contributed by atoms with Gasteiger partial charge in [0.1, 0.15) is 29.1 Å². The zero-order valence-electron chi connectivity index (χ0n) is 17.2. The van der Waals surface area contributed by atoms with Crippen molar-refractivity contribution in [3.05, 3.63) is 75.6 Å². The molecule has 1 heterocycles. The van der Waals surface area contributed by atoms with Crippen LogP contribution >= 0.6 is 0 Å². The normalized spacial score (nSPS) is 11.0. The molecule has 0 bridgehead atoms. The first-order valence-corrected chi connectivity index (χ1v) is 9.28. The summed E-state index contributed by atoms with van der Waals surface area (Å²) in [6, 6.07) is 17.0. The number of ether oxygens (including phenoxy) is 3. The molecule has 0 saturated heterocycles. The molecule has 0 spiro atoms. The molecule has 1 aromatic heterocycles. The number of carbonyl (C=O) groups is 1. The van der Waals surface area contributed by atoms with Gasteiger partial charge in [0.2, 0.25) is 6.10 Å². The number of hydrogen-bond donors (Lipinski definition) is 2. The van der Waals surface area contributed by atoms with E-state index in [-0.39, 0.29) is 34.0 Å². The smallest absolute Gasteiger partial charge is 0.351 e. The van der Waals surface area contributed by atoms with Crippen LogP contribution in [0.2, 0.25) is 0 Å². The van der Waals surface area contributed by atoms with E-state index in [4.69, 9.17) is 19.9 Å². The number of H-pyrrole nitrogens is 1. The summed E-state index contributed by atoms with van der Waals surface area (Å²) in [7, 11) is 2.66. The van der Waals surface area contributed by atoms with Gasteiger partial charge >= 0.3 is 5.97 Å². The van der Waals surface area contributed by atoms with E-state index < -0.39 is 17.6 Å². The van der Waals surface area contributed by atoms with Crippen LogP contribution in [0.3, 0.4) is 0 Å². The van der Waals surface area contributed by atoms with Crippen LogP contribution in [0.5, 0.6) is 11.5 Å². The first kappa shape index (κ1) is 21.9. The van der Waals surface area contributed by atoms with Crippen LogP contribution in [0.25, 0.3) is 11.1 Å². The van der Waals surface area contributed by atoms with Crippen LogP contribution in [-0.4, -0.2) is 25.2 Å². The largest absolute Gasteiger partial charge is 0.493 e. The Morgan fingerprint density at radius 2 is 1.72 bits per heavy atom. The van der Waals surface area contributed by atoms with Gasteiger partial charge in [-0.25, -0.2) is 4.79 Å². The second-order valence-corrected chi connectivity index (χ2v) is 6.51. The predicted octanol–water partition coefficient (Wildman–Crippen LogP) is 2.67. The molecule has 3 N–H and O–H groups in total. The van der Waals surface area contributed by atoms with Crippen LogP contribution < -0.4 is 20.8 Å². The third-order valence-corrected chi connectivity index (χ3v) is 4.68. The fourth-order valence-electron chi connectivity index (χ4n) is 3.17. The van der Waals surface area contributed by atoms with E-state index in [1.54, 1.807) is 36.4 Å². The van der Waals surface area contributed by atoms with E-state index in [1.165, 1.54) is 26.4 Å². The third kappa shape index (κ3) is 4.09. The molecule has 0 amide bonds. The number of benzene rings is 2. The second kappa shape index (κ2) is 9.37. The van der Waals surface area contributed by atoms with Crippen LogP contribution in [0.15, 0.2) is 53.3 Å². The quantitative estimate of drug-likeness (QED) is 0.566. The number of methoxy groups -OCH3 is 2. The molecule has 32 heavy (non-hydrogen) atoms. The van der Waals surface area contributed by atoms with Crippen molar-refractivity contribution in [1.82, 2.24) is 4.98 Å². The van der Waals surface area contributed by atoms with Crippen LogP contribution in [0.4, 0.5) is 5.82 Å². The van der Waals surface area contributed by atoms with E-state index in [9.17, 15) is 20.1 Å². The number of esters is 1. The molecule has 9 nitrogen and oxygen atoms in total. The van der Waals surface area contributed by atoms with Gasteiger partial charge in [-0.1, -0.05) is 36.4 Å². The van der Waals surface area contributed by atoms with Gasteiger partial charge in [-0.3, -0.25) is 4.79 Å². The summed E-state index contributed by atoms with van der Waals surface area (Å²) in [4.78, 5) is 27.0. The van der Waals surface area contributed by atoms with Crippen molar-refractivity contribution in [3.8, 4) is 34.8 Å². The number of nitrogens with zero attached hydrogens (tertiary/aromatic N) is 2. The maximum atomic E-state index is 12.4. The SMILES string of the molecule is COC(=O)C(Oc1cc(-c2c(C#N)c(N)[nH]c(=O)c2C#N)ccc1OC)c1ccccc1. The Bertz CT molecular complexity index is 1300. The average Bonchev–Trinajstić information content (AvgIpc) is 2.82. The van der Waals surface area contributed by atoms with Crippen molar-refractivity contribution in [2.24, 2.45) is 0 Å². The minimum Gasteiger partial charge on any atom is -0.493 e. The van der Waals surface area contributed by atoms with Crippen molar-refractivity contribution in [1.29, 1.82) is 10.5 Å². The molecule has 0 fully saturated rings. The lowest BCUT2D eigenvalue weighted by molar-refractivity contribution is -0.149. The highest BCUT2D eigenvalue weighted by Crippen LogP contribution is 2.37. The molecule has 160 valence electrons. The minimum atomic E-state index is -1.11. The summed E-state index contributed by atoms with van der Waals surface area (Å²) in [6.45, 7) is 0. The van der Waals surface area contributed by atoms with Crippen LogP contribution in [-0.2, 0) is 9.53 Å². The number of carbonyl (C=O) groups excluding carboxylic acids is 1. The lowest BCUT2D eigenvalue weighted by Gasteiger charge is -2.20. The number of nitriles is 2. The lowest BCUT2D eigenvalue weighted by Crippen LogP contribution is -2.20. The van der Waals surface area contributed by atoms with E-state index in [0.717, 1.165) is 0 Å². The molecule has 0 aliphatic rings. The summed E-state index contributed by atoms with van der Waals surface area (Å²) in [5.74, 6) is -0.384. The molecular weight excluding hydrogens is 412 g/mol. The lowest BCUT2D eigenvalue weighted by atomic mass is 9.96. The Kier molecular flexibility index (Phi) is 6.42. The first-order chi connectivity index (χ1) is 15.4. The highest BCUT2D eigenvalue weighted by molar-refractivity contribution is 5.82. The van der Waals surface area contributed by atoms with Crippen molar-refractivity contribution < 1.29 is 19.0 Å². The number of aromatic nitrogens is 1. The topological polar surface area (TPSA) is 151 Å². The van der Waals surface area contributed by atoms with E-state index in [0.29, 0.717) is 11.1 Å². The Labute approximate surface area is 183 Å². The minimum absolute atomic E-state index is 0.0538. The molecule has 0 aliphatic carbocycles. The number of nitrogen functional groups attached to an aromatic ring is 1. The van der Waals surface area contributed by atoms with Crippen LogP contribution in [0, 0.1) is 22.7 Å². The van der Waals surface area contributed by atoms with E-state index in [1.807, 2.05) is 12.1 Å². The van der Waals surface area contributed by atoms with Gasteiger partial charge < -0.3 is 24.9 Å². The van der Waals surface area contributed by atoms with Crippen LogP contribution in [0.1, 0.15) is 22.8 Å². The number of nitrogens with two attached hydrogens (primary N) is 1. The van der Waals surface area contributed by atoms with Crippen molar-refractivity contribution in [2.45, 2.75) is 6.10 Å². The third-order valence-electron chi connectivity index (χ3n) is 4.68. The number of pyridine rings is 1. The van der Waals surface area contributed by atoms with Gasteiger partial charge in [-0.05, 0) is 17.7 Å². The molecule has 3 rings (SSSR count). The number of anilines is 1. The summed E-state index contributed by atoms with van der Waals surface area (Å²) < 4.78 is 16.2. The van der Waals surface area contributed by atoms with E-state index >= 15 is 0 Å². The zero-order chi connectivity index (χ0) is 23.3. The Balaban J connectivity index is 2.20. The van der Waals surface area contributed by atoms with Crippen molar-refractivity contribution in [3.63, 3.8) is 0 Å². The Hall–Kier alpha value is -4.76. The average molecular weight is 430 g/mol. The molecular formula is C23H18N4O5. The fourth-order valence-corrected chi connectivity index (χ4v) is 3.17. The summed E-state index contributed by atoms with van der Waals surface area (Å²) >= 11 is 0. The van der Waals surface area contributed by atoms with Crippen molar-refractivity contribution >= 4 is 11.8 Å². The van der Waals surface area contributed by atoms with Gasteiger partial charge in [0.05, 0.1) is 14.2 Å². The standard InChI is InChI=1S/C23H18N4O5/c1-30-17-9-8-14(19-15(11-24)21(26)27-22(28)16(19)12-25)10-18(17)32-20(23(29)31-2)13-6-4-3-5-7-13/h3-10,20H,1-2H3,(H3,26,27,28). The summed E-state index contributed by atoms with van der Waals surface area (Å²) in [6.07, 6.45) is -1.11. The Morgan fingerprint density at radius 1 is 1.03 bits per heavy atom. The van der Waals surface area contributed by atoms with Gasteiger partial charge in [-0.15, -0.1) is 0 Å². The molecule has 9 heteroatoms.